The molecule has 1 aliphatic rings. The molecule has 3 N–H and O–H groups in total. The second-order valence-electron chi connectivity index (χ2n) is 4.46. The van der Waals surface area contributed by atoms with E-state index in [1.807, 2.05) is 0 Å². The van der Waals surface area contributed by atoms with Crippen molar-refractivity contribution in [2.75, 3.05) is 6.54 Å². The van der Waals surface area contributed by atoms with Crippen LogP contribution < -0.4 is 11.1 Å². The summed E-state index contributed by atoms with van der Waals surface area (Å²) in [6.07, 6.45) is 2.44. The normalized spacial score (nSPS) is 33.8. The van der Waals surface area contributed by atoms with E-state index in [1.165, 1.54) is 12.8 Å². The first-order chi connectivity index (χ1) is 5.61. The van der Waals surface area contributed by atoms with Crippen molar-refractivity contribution >= 4 is 0 Å². The highest BCUT2D eigenvalue weighted by molar-refractivity contribution is 4.83. The molecular formula is C10H22N2. The monoisotopic (exact) mass is 170 g/mol. The largest absolute Gasteiger partial charge is 0.327 e. The van der Waals surface area contributed by atoms with Gasteiger partial charge in [0.15, 0.2) is 0 Å². The summed E-state index contributed by atoms with van der Waals surface area (Å²) in [5.74, 6) is 1.55. The second kappa shape index (κ2) is 4.24. The molecular weight excluding hydrogens is 148 g/mol. The van der Waals surface area contributed by atoms with Gasteiger partial charge in [-0.15, -0.1) is 0 Å². The van der Waals surface area contributed by atoms with Gasteiger partial charge in [-0.2, -0.15) is 0 Å². The van der Waals surface area contributed by atoms with E-state index in [1.54, 1.807) is 0 Å². The predicted molar refractivity (Wildman–Crippen MR) is 53.0 cm³/mol. The average molecular weight is 170 g/mol. The van der Waals surface area contributed by atoms with Crippen molar-refractivity contribution in [3.8, 4) is 0 Å². The quantitative estimate of drug-likeness (QED) is 0.656. The van der Waals surface area contributed by atoms with Gasteiger partial charge in [-0.25, -0.2) is 0 Å². The van der Waals surface area contributed by atoms with Crippen LogP contribution in [0.3, 0.4) is 0 Å². The van der Waals surface area contributed by atoms with Crippen LogP contribution in [0.25, 0.3) is 0 Å². The van der Waals surface area contributed by atoms with Crippen LogP contribution in [0.15, 0.2) is 0 Å². The van der Waals surface area contributed by atoms with Crippen LogP contribution in [-0.2, 0) is 0 Å². The van der Waals surface area contributed by atoms with Crippen molar-refractivity contribution in [2.45, 2.75) is 45.7 Å². The summed E-state index contributed by atoms with van der Waals surface area (Å²) >= 11 is 0. The molecule has 0 saturated carbocycles. The van der Waals surface area contributed by atoms with E-state index in [0.29, 0.717) is 12.1 Å². The summed E-state index contributed by atoms with van der Waals surface area (Å²) < 4.78 is 0. The molecule has 0 aliphatic carbocycles. The molecule has 2 nitrogen and oxygen atoms in total. The fraction of sp³-hybridized carbons (Fsp3) is 1.00. The highest BCUT2D eigenvalue weighted by Gasteiger charge is 2.24. The fourth-order valence-electron chi connectivity index (χ4n) is 1.81. The fourth-order valence-corrected chi connectivity index (χ4v) is 1.81. The topological polar surface area (TPSA) is 38.0 Å². The molecule has 0 aromatic rings. The van der Waals surface area contributed by atoms with Gasteiger partial charge in [-0.05, 0) is 24.7 Å². The lowest BCUT2D eigenvalue weighted by atomic mass is 9.85. The van der Waals surface area contributed by atoms with Crippen LogP contribution in [-0.4, -0.2) is 18.6 Å². The molecule has 2 heteroatoms. The van der Waals surface area contributed by atoms with Gasteiger partial charge >= 0.3 is 0 Å². The molecule has 0 radical (unpaired) electrons. The zero-order chi connectivity index (χ0) is 9.14. The number of hydrogen-bond donors (Lipinski definition) is 2. The van der Waals surface area contributed by atoms with E-state index < -0.39 is 0 Å². The third-order valence-corrected chi connectivity index (χ3v) is 3.18. The number of piperidine rings is 1. The van der Waals surface area contributed by atoms with Crippen LogP contribution in [0.5, 0.6) is 0 Å². The Bertz CT molecular complexity index is 126. The highest BCUT2D eigenvalue weighted by atomic mass is 15.0. The molecule has 1 heterocycles. The first-order valence-corrected chi connectivity index (χ1v) is 5.10. The number of rotatable bonds is 2. The van der Waals surface area contributed by atoms with Crippen molar-refractivity contribution in [3.05, 3.63) is 0 Å². The Morgan fingerprint density at radius 2 is 1.92 bits per heavy atom. The van der Waals surface area contributed by atoms with Gasteiger partial charge in [0, 0.05) is 18.6 Å². The van der Waals surface area contributed by atoms with Gasteiger partial charge in [0.1, 0.15) is 0 Å². The van der Waals surface area contributed by atoms with Gasteiger partial charge in [0.25, 0.3) is 0 Å². The molecule has 0 spiro atoms. The molecule has 1 saturated heterocycles. The van der Waals surface area contributed by atoms with Gasteiger partial charge in [0.2, 0.25) is 0 Å². The van der Waals surface area contributed by atoms with Gasteiger partial charge < -0.3 is 11.1 Å². The average Bonchev–Trinajstić information content (AvgIpc) is 2.04. The zero-order valence-electron chi connectivity index (χ0n) is 8.51. The van der Waals surface area contributed by atoms with Gasteiger partial charge in [0.05, 0.1) is 0 Å². The number of nitrogens with two attached hydrogens (primary N) is 1. The molecule has 0 aromatic carbocycles. The molecule has 12 heavy (non-hydrogen) atoms. The van der Waals surface area contributed by atoms with Crippen molar-refractivity contribution in [1.29, 1.82) is 0 Å². The molecule has 1 fully saturated rings. The molecule has 3 unspecified atom stereocenters. The Morgan fingerprint density at radius 3 is 2.33 bits per heavy atom. The highest BCUT2D eigenvalue weighted by Crippen LogP contribution is 2.20. The minimum absolute atomic E-state index is 0.389. The summed E-state index contributed by atoms with van der Waals surface area (Å²) in [6.45, 7) is 7.92. The van der Waals surface area contributed by atoms with E-state index in [2.05, 4.69) is 26.1 Å². The van der Waals surface area contributed by atoms with E-state index in [4.69, 9.17) is 5.73 Å². The molecule has 1 rings (SSSR count). The lowest BCUT2D eigenvalue weighted by Crippen LogP contribution is -2.48. The maximum atomic E-state index is 5.81. The maximum absolute atomic E-state index is 5.81. The van der Waals surface area contributed by atoms with Crippen molar-refractivity contribution in [2.24, 2.45) is 17.6 Å². The van der Waals surface area contributed by atoms with Crippen LogP contribution in [0.2, 0.25) is 0 Å². The smallest absolute Gasteiger partial charge is 0.0165 e. The van der Waals surface area contributed by atoms with Crippen LogP contribution in [0.1, 0.15) is 33.6 Å². The van der Waals surface area contributed by atoms with E-state index >= 15 is 0 Å². The summed E-state index contributed by atoms with van der Waals surface area (Å²) in [5, 5.41) is 3.52. The third-order valence-electron chi connectivity index (χ3n) is 3.18. The Kier molecular flexibility index (Phi) is 3.53. The zero-order valence-corrected chi connectivity index (χ0v) is 8.51. The first-order valence-electron chi connectivity index (χ1n) is 5.10. The van der Waals surface area contributed by atoms with Crippen molar-refractivity contribution < 1.29 is 0 Å². The lowest BCUT2D eigenvalue weighted by Gasteiger charge is -2.33. The molecule has 0 bridgehead atoms. The Labute approximate surface area is 75.9 Å². The second-order valence-corrected chi connectivity index (χ2v) is 4.46. The maximum Gasteiger partial charge on any atom is 0.0165 e. The minimum Gasteiger partial charge on any atom is -0.327 e. The minimum atomic E-state index is 0.389. The van der Waals surface area contributed by atoms with Crippen molar-refractivity contribution in [1.82, 2.24) is 5.32 Å². The first kappa shape index (κ1) is 10.0. The molecule has 0 aromatic heterocycles. The predicted octanol–water partition coefficient (Wildman–Crippen LogP) is 1.36. The van der Waals surface area contributed by atoms with E-state index in [-0.39, 0.29) is 0 Å². The standard InChI is InChI=1S/C10H22N2/c1-7(2)8(3)10-5-4-9(11)6-12-10/h7-10,12H,4-6,11H2,1-3H3. The molecule has 72 valence electrons. The van der Waals surface area contributed by atoms with Crippen LogP contribution in [0, 0.1) is 11.8 Å². The summed E-state index contributed by atoms with van der Waals surface area (Å²) in [4.78, 5) is 0. The Morgan fingerprint density at radius 1 is 1.25 bits per heavy atom. The van der Waals surface area contributed by atoms with Gasteiger partial charge in [-0.3, -0.25) is 0 Å². The van der Waals surface area contributed by atoms with Crippen LogP contribution >= 0.6 is 0 Å². The van der Waals surface area contributed by atoms with E-state index in [0.717, 1.165) is 18.4 Å². The molecule has 1 aliphatic heterocycles. The SMILES string of the molecule is CC(C)C(C)C1CCC(N)CN1. The Hall–Kier alpha value is -0.0800. The molecule has 0 amide bonds. The van der Waals surface area contributed by atoms with Crippen molar-refractivity contribution in [3.63, 3.8) is 0 Å². The summed E-state index contributed by atoms with van der Waals surface area (Å²) in [6, 6.07) is 1.09. The summed E-state index contributed by atoms with van der Waals surface area (Å²) in [5.41, 5.74) is 5.81. The van der Waals surface area contributed by atoms with E-state index in [9.17, 15) is 0 Å². The number of nitrogens with one attached hydrogen (secondary N) is 1. The molecule has 3 atom stereocenters. The summed E-state index contributed by atoms with van der Waals surface area (Å²) in [7, 11) is 0. The number of hydrogen-bond acceptors (Lipinski definition) is 2. The lowest BCUT2D eigenvalue weighted by molar-refractivity contribution is 0.244. The van der Waals surface area contributed by atoms with Crippen LogP contribution in [0.4, 0.5) is 0 Å². The third kappa shape index (κ3) is 2.46. The van der Waals surface area contributed by atoms with Gasteiger partial charge in [-0.1, -0.05) is 20.8 Å². The Balaban J connectivity index is 2.34.